The molecule has 1 spiro atoms. The Morgan fingerprint density at radius 2 is 1.87 bits per heavy atom. The molecule has 86 valence electrons. The summed E-state index contributed by atoms with van der Waals surface area (Å²) in [6, 6.07) is 0. The van der Waals surface area contributed by atoms with Crippen molar-refractivity contribution in [2.45, 2.75) is 52.6 Å². The zero-order chi connectivity index (χ0) is 10.8. The molecule has 3 aliphatic rings. The molecule has 0 aromatic heterocycles. The molecule has 3 fully saturated rings. The Morgan fingerprint density at radius 3 is 2.53 bits per heavy atom. The lowest BCUT2D eigenvalue weighted by Gasteiger charge is -2.35. The predicted molar refractivity (Wildman–Crippen MR) is 61.4 cm³/mol. The highest BCUT2D eigenvalue weighted by Crippen LogP contribution is 2.77. The molecule has 0 heterocycles. The fourth-order valence-electron chi connectivity index (χ4n) is 5.24. The van der Waals surface area contributed by atoms with Crippen molar-refractivity contribution in [1.29, 1.82) is 0 Å². The van der Waals surface area contributed by atoms with E-state index in [1.807, 2.05) is 0 Å². The van der Waals surface area contributed by atoms with Crippen molar-refractivity contribution in [3.63, 3.8) is 0 Å². The van der Waals surface area contributed by atoms with E-state index < -0.39 is 0 Å². The maximum atomic E-state index is 10.1. The molecule has 0 unspecified atom stereocenters. The molecule has 6 atom stereocenters. The molecule has 0 amide bonds. The Kier molecular flexibility index (Phi) is 2.03. The molecular formula is C14H24O. The molecule has 1 N–H and O–H groups in total. The van der Waals surface area contributed by atoms with E-state index in [4.69, 9.17) is 0 Å². The lowest BCUT2D eigenvalue weighted by molar-refractivity contribution is 0.117. The quantitative estimate of drug-likeness (QED) is 0.702. The Hall–Kier alpha value is -0.0400. The summed E-state index contributed by atoms with van der Waals surface area (Å²) in [5.74, 6) is 4.16. The van der Waals surface area contributed by atoms with E-state index in [-0.39, 0.29) is 6.10 Å². The molecule has 3 rings (SSSR count). The summed E-state index contributed by atoms with van der Waals surface area (Å²) >= 11 is 0. The van der Waals surface area contributed by atoms with E-state index in [1.165, 1.54) is 19.3 Å². The summed E-state index contributed by atoms with van der Waals surface area (Å²) in [5, 5.41) is 10.1. The van der Waals surface area contributed by atoms with Crippen LogP contribution in [-0.4, -0.2) is 11.2 Å². The highest BCUT2D eigenvalue weighted by atomic mass is 16.3. The number of aliphatic hydroxyl groups is 1. The van der Waals surface area contributed by atoms with Crippen LogP contribution in [0.25, 0.3) is 0 Å². The van der Waals surface area contributed by atoms with Crippen LogP contribution < -0.4 is 0 Å². The number of rotatable bonds is 1. The van der Waals surface area contributed by atoms with Crippen molar-refractivity contribution in [3.8, 4) is 0 Å². The second kappa shape index (κ2) is 3.00. The van der Waals surface area contributed by atoms with Gasteiger partial charge in [-0.15, -0.1) is 0 Å². The lowest BCUT2D eigenvalue weighted by Crippen LogP contribution is -2.28. The topological polar surface area (TPSA) is 20.2 Å². The van der Waals surface area contributed by atoms with E-state index in [9.17, 15) is 5.11 Å². The van der Waals surface area contributed by atoms with Crippen LogP contribution in [0.4, 0.5) is 0 Å². The number of fused-ring (bicyclic) bond motifs is 1. The van der Waals surface area contributed by atoms with Gasteiger partial charge in [0, 0.05) is 0 Å². The molecule has 0 aromatic rings. The van der Waals surface area contributed by atoms with Crippen LogP contribution in [0.15, 0.2) is 0 Å². The number of hydrogen-bond donors (Lipinski definition) is 1. The van der Waals surface area contributed by atoms with Crippen molar-refractivity contribution in [3.05, 3.63) is 0 Å². The minimum Gasteiger partial charge on any atom is -0.393 e. The van der Waals surface area contributed by atoms with Crippen LogP contribution in [0.2, 0.25) is 0 Å². The smallest absolute Gasteiger partial charge is 0.0577 e. The summed E-state index contributed by atoms with van der Waals surface area (Å²) in [6.07, 6.45) is 5.25. The fraction of sp³-hybridized carbons (Fsp3) is 1.00. The highest BCUT2D eigenvalue weighted by molar-refractivity contribution is 5.22. The van der Waals surface area contributed by atoms with Gasteiger partial charge in [-0.1, -0.05) is 20.8 Å². The van der Waals surface area contributed by atoms with Gasteiger partial charge in [-0.3, -0.25) is 0 Å². The first-order chi connectivity index (χ1) is 7.09. The van der Waals surface area contributed by atoms with Crippen LogP contribution >= 0.6 is 0 Å². The molecule has 1 nitrogen and oxygen atoms in total. The van der Waals surface area contributed by atoms with Gasteiger partial charge < -0.3 is 5.11 Å². The first-order valence-electron chi connectivity index (χ1n) is 6.77. The SMILES string of the molecule is CC(C)[C@@H]1CC[C@@H](C)[C@@]23CC[C@@H](O)[C@@H]2[C@@H]13. The third-order valence-corrected chi connectivity index (χ3v) is 5.97. The third-order valence-electron chi connectivity index (χ3n) is 5.97. The lowest BCUT2D eigenvalue weighted by atomic mass is 9.70. The van der Waals surface area contributed by atoms with Gasteiger partial charge in [-0.05, 0) is 60.7 Å². The van der Waals surface area contributed by atoms with Gasteiger partial charge in [0.1, 0.15) is 0 Å². The van der Waals surface area contributed by atoms with Crippen molar-refractivity contribution >= 4 is 0 Å². The maximum Gasteiger partial charge on any atom is 0.0577 e. The van der Waals surface area contributed by atoms with Crippen molar-refractivity contribution in [2.75, 3.05) is 0 Å². The molecule has 1 heteroatoms. The molecular weight excluding hydrogens is 184 g/mol. The van der Waals surface area contributed by atoms with Crippen molar-refractivity contribution in [2.24, 2.45) is 35.0 Å². The summed E-state index contributed by atoms with van der Waals surface area (Å²) in [6.45, 7) is 7.17. The van der Waals surface area contributed by atoms with Crippen LogP contribution in [0.5, 0.6) is 0 Å². The van der Waals surface area contributed by atoms with Crippen LogP contribution in [0.3, 0.4) is 0 Å². The van der Waals surface area contributed by atoms with E-state index in [0.717, 1.165) is 30.1 Å². The minimum absolute atomic E-state index is 0.0387. The Morgan fingerprint density at radius 1 is 1.13 bits per heavy atom. The van der Waals surface area contributed by atoms with Gasteiger partial charge in [-0.25, -0.2) is 0 Å². The van der Waals surface area contributed by atoms with Crippen LogP contribution in [0.1, 0.15) is 46.5 Å². The summed E-state index contributed by atoms with van der Waals surface area (Å²) < 4.78 is 0. The van der Waals surface area contributed by atoms with Gasteiger partial charge >= 0.3 is 0 Å². The molecule has 0 bridgehead atoms. The van der Waals surface area contributed by atoms with Gasteiger partial charge in [0.2, 0.25) is 0 Å². The zero-order valence-corrected chi connectivity index (χ0v) is 10.2. The third kappa shape index (κ3) is 1.08. The second-order valence-electron chi connectivity index (χ2n) is 6.66. The molecule has 3 saturated carbocycles. The fourth-order valence-corrected chi connectivity index (χ4v) is 5.24. The predicted octanol–water partition coefficient (Wildman–Crippen LogP) is 3.08. The van der Waals surface area contributed by atoms with Crippen molar-refractivity contribution in [1.82, 2.24) is 0 Å². The highest BCUT2D eigenvalue weighted by Gasteiger charge is 2.74. The first kappa shape index (κ1) is 10.1. The standard InChI is InChI=1S/C14H24O/c1-8(2)10-5-4-9(3)14-7-6-11(15)13(14)12(10)14/h8-13,15H,4-7H2,1-3H3/t9-,10+,11-,12-,13-,14-/m1/s1. The first-order valence-corrected chi connectivity index (χ1v) is 6.77. The van der Waals surface area contributed by atoms with Crippen LogP contribution in [0, 0.1) is 35.0 Å². The number of aliphatic hydroxyl groups excluding tert-OH is 1. The zero-order valence-electron chi connectivity index (χ0n) is 10.2. The molecule has 0 aliphatic heterocycles. The van der Waals surface area contributed by atoms with Crippen molar-refractivity contribution < 1.29 is 5.11 Å². The number of hydrogen-bond acceptors (Lipinski definition) is 1. The average molecular weight is 208 g/mol. The maximum absolute atomic E-state index is 10.1. The summed E-state index contributed by atoms with van der Waals surface area (Å²) in [7, 11) is 0. The molecule has 0 saturated heterocycles. The summed E-state index contributed by atoms with van der Waals surface area (Å²) in [4.78, 5) is 0. The van der Waals surface area contributed by atoms with E-state index >= 15 is 0 Å². The van der Waals surface area contributed by atoms with E-state index in [2.05, 4.69) is 20.8 Å². The average Bonchev–Trinajstić information content (AvgIpc) is 2.75. The minimum atomic E-state index is 0.0387. The van der Waals surface area contributed by atoms with E-state index in [1.54, 1.807) is 0 Å². The Bertz CT molecular complexity index is 273. The monoisotopic (exact) mass is 208 g/mol. The van der Waals surface area contributed by atoms with Gasteiger partial charge in [0.05, 0.1) is 6.10 Å². The normalized spacial score (nSPS) is 57.8. The molecule has 0 aromatic carbocycles. The van der Waals surface area contributed by atoms with E-state index in [0.29, 0.717) is 11.3 Å². The second-order valence-corrected chi connectivity index (χ2v) is 6.66. The Balaban J connectivity index is 1.88. The van der Waals surface area contributed by atoms with Crippen LogP contribution in [-0.2, 0) is 0 Å². The summed E-state index contributed by atoms with van der Waals surface area (Å²) in [5.41, 5.74) is 0.590. The van der Waals surface area contributed by atoms with Gasteiger partial charge in [0.15, 0.2) is 0 Å². The van der Waals surface area contributed by atoms with Gasteiger partial charge in [0.25, 0.3) is 0 Å². The van der Waals surface area contributed by atoms with Gasteiger partial charge in [-0.2, -0.15) is 0 Å². The Labute approximate surface area is 93.3 Å². The largest absolute Gasteiger partial charge is 0.393 e. The molecule has 0 radical (unpaired) electrons. The molecule has 3 aliphatic carbocycles. The molecule has 15 heavy (non-hydrogen) atoms.